The van der Waals surface area contributed by atoms with Crippen LogP contribution in [0.4, 0.5) is 0 Å². The third kappa shape index (κ3) is 3.89. The quantitative estimate of drug-likeness (QED) is 0.855. The largest absolute Gasteiger partial charge is 0.340 e. The maximum atomic E-state index is 12.7. The third-order valence-corrected chi connectivity index (χ3v) is 4.77. The van der Waals surface area contributed by atoms with Crippen molar-refractivity contribution < 1.29 is 9.59 Å². The van der Waals surface area contributed by atoms with Crippen molar-refractivity contribution in [3.8, 4) is 0 Å². The van der Waals surface area contributed by atoms with E-state index in [0.717, 1.165) is 45.3 Å². The molecule has 0 aromatic rings. The van der Waals surface area contributed by atoms with Gasteiger partial charge < -0.3 is 15.5 Å². The van der Waals surface area contributed by atoms with E-state index < -0.39 is 0 Å². The van der Waals surface area contributed by atoms with Crippen LogP contribution in [0.25, 0.3) is 0 Å². The van der Waals surface area contributed by atoms with Crippen LogP contribution in [0.15, 0.2) is 0 Å². The number of halogens is 1. The summed E-state index contributed by atoms with van der Waals surface area (Å²) in [4.78, 5) is 28.5. The van der Waals surface area contributed by atoms with Gasteiger partial charge in [0.2, 0.25) is 11.8 Å². The van der Waals surface area contributed by atoms with Gasteiger partial charge in [-0.25, -0.2) is 0 Å². The average molecular weight is 318 g/mol. The molecule has 122 valence electrons. The van der Waals surface area contributed by atoms with Crippen LogP contribution in [-0.2, 0) is 9.59 Å². The van der Waals surface area contributed by atoms with Gasteiger partial charge >= 0.3 is 0 Å². The number of carbonyl (C=O) groups excluding carboxylic acids is 2. The normalized spacial score (nSPS) is 29.2. The second-order valence-electron chi connectivity index (χ2n) is 6.48. The summed E-state index contributed by atoms with van der Waals surface area (Å²) in [7, 11) is 0. The fourth-order valence-electron chi connectivity index (χ4n) is 3.28. The van der Waals surface area contributed by atoms with Crippen LogP contribution in [0.5, 0.6) is 0 Å². The van der Waals surface area contributed by atoms with Gasteiger partial charge in [-0.05, 0) is 37.6 Å². The molecule has 2 fully saturated rings. The second-order valence-corrected chi connectivity index (χ2v) is 6.48. The zero-order valence-corrected chi connectivity index (χ0v) is 14.0. The number of nitrogens with two attached hydrogens (primary N) is 1. The molecule has 0 bridgehead atoms. The summed E-state index contributed by atoms with van der Waals surface area (Å²) < 4.78 is 0. The summed E-state index contributed by atoms with van der Waals surface area (Å²) in [5.41, 5.74) is 5.85. The van der Waals surface area contributed by atoms with Gasteiger partial charge in [-0.1, -0.05) is 13.8 Å². The molecule has 21 heavy (non-hydrogen) atoms. The summed E-state index contributed by atoms with van der Waals surface area (Å²) in [6.07, 6.45) is 4.29. The molecular weight excluding hydrogens is 290 g/mol. The zero-order chi connectivity index (χ0) is 14.8. The minimum atomic E-state index is -0.240. The Balaban J connectivity index is 0.00000220. The Morgan fingerprint density at radius 3 is 2.57 bits per heavy atom. The molecule has 2 rings (SSSR count). The molecule has 0 spiro atoms. The first-order valence-electron chi connectivity index (χ1n) is 7.79. The molecule has 2 unspecified atom stereocenters. The predicted octanol–water partition coefficient (Wildman–Crippen LogP) is 1.40. The molecule has 2 amide bonds. The number of hydrogen-bond donors (Lipinski definition) is 1. The number of likely N-dealkylation sites (tertiary alicyclic amines) is 2. The fourth-order valence-corrected chi connectivity index (χ4v) is 3.28. The topological polar surface area (TPSA) is 66.6 Å². The zero-order valence-electron chi connectivity index (χ0n) is 13.1. The minimum absolute atomic E-state index is 0. The Hall–Kier alpha value is -0.810. The Morgan fingerprint density at radius 2 is 2.00 bits per heavy atom. The number of carbonyl (C=O) groups is 2. The molecule has 2 heterocycles. The molecule has 0 aromatic heterocycles. The highest BCUT2D eigenvalue weighted by molar-refractivity contribution is 5.88. The smallest absolute Gasteiger partial charge is 0.245 e. The van der Waals surface area contributed by atoms with Crippen molar-refractivity contribution in [2.45, 2.75) is 52.0 Å². The van der Waals surface area contributed by atoms with Gasteiger partial charge in [0.05, 0.1) is 0 Å². The molecule has 2 saturated heterocycles. The van der Waals surface area contributed by atoms with Gasteiger partial charge in [-0.2, -0.15) is 0 Å². The summed E-state index contributed by atoms with van der Waals surface area (Å²) in [6.45, 7) is 6.84. The Kier molecular flexibility index (Phi) is 6.47. The highest BCUT2D eigenvalue weighted by atomic mass is 35.5. The van der Waals surface area contributed by atoms with Crippen LogP contribution in [0.1, 0.15) is 46.0 Å². The lowest BCUT2D eigenvalue weighted by atomic mass is 9.90. The standard InChI is InChI=1S/C15H27N3O2.ClH/c1-3-13(19)18-8-5-4-6-12(18)14(20)17-9-7-15(2,10-16)11-17;/h12H,3-11,16H2,1-2H3;1H. The molecule has 6 heteroatoms. The maximum Gasteiger partial charge on any atom is 0.245 e. The van der Waals surface area contributed by atoms with E-state index in [9.17, 15) is 9.59 Å². The van der Waals surface area contributed by atoms with Gasteiger partial charge in [0.15, 0.2) is 0 Å². The highest BCUT2D eigenvalue weighted by Crippen LogP contribution is 2.30. The molecule has 2 aliphatic rings. The van der Waals surface area contributed by atoms with Gasteiger partial charge in [0, 0.05) is 26.1 Å². The molecule has 0 saturated carbocycles. The number of hydrogen-bond acceptors (Lipinski definition) is 3. The number of nitrogens with zero attached hydrogens (tertiary/aromatic N) is 2. The van der Waals surface area contributed by atoms with Crippen molar-refractivity contribution in [2.75, 3.05) is 26.2 Å². The van der Waals surface area contributed by atoms with Gasteiger partial charge in [0.25, 0.3) is 0 Å². The van der Waals surface area contributed by atoms with Gasteiger partial charge in [-0.3, -0.25) is 9.59 Å². The van der Waals surface area contributed by atoms with E-state index in [4.69, 9.17) is 5.73 Å². The minimum Gasteiger partial charge on any atom is -0.340 e. The van der Waals surface area contributed by atoms with Crippen LogP contribution in [-0.4, -0.2) is 53.8 Å². The lowest BCUT2D eigenvalue weighted by molar-refractivity contribution is -0.147. The van der Waals surface area contributed by atoms with Crippen LogP contribution >= 0.6 is 12.4 Å². The predicted molar refractivity (Wildman–Crippen MR) is 85.2 cm³/mol. The SMILES string of the molecule is CCC(=O)N1CCCCC1C(=O)N1CCC(C)(CN)C1.Cl. The second kappa shape index (κ2) is 7.45. The van der Waals surface area contributed by atoms with Crippen molar-refractivity contribution in [3.05, 3.63) is 0 Å². The lowest BCUT2D eigenvalue weighted by Crippen LogP contribution is -2.52. The van der Waals surface area contributed by atoms with Crippen molar-refractivity contribution >= 4 is 24.2 Å². The van der Waals surface area contributed by atoms with E-state index in [1.165, 1.54) is 0 Å². The van der Waals surface area contributed by atoms with E-state index in [2.05, 4.69) is 6.92 Å². The van der Waals surface area contributed by atoms with Crippen LogP contribution in [0.3, 0.4) is 0 Å². The summed E-state index contributed by atoms with van der Waals surface area (Å²) in [5.74, 6) is 0.229. The maximum absolute atomic E-state index is 12.7. The summed E-state index contributed by atoms with van der Waals surface area (Å²) >= 11 is 0. The van der Waals surface area contributed by atoms with E-state index in [0.29, 0.717) is 13.0 Å². The van der Waals surface area contributed by atoms with Crippen molar-refractivity contribution in [3.63, 3.8) is 0 Å². The first-order chi connectivity index (χ1) is 9.50. The van der Waals surface area contributed by atoms with Gasteiger partial charge in [-0.15, -0.1) is 12.4 Å². The molecule has 0 aromatic carbocycles. The molecule has 2 atom stereocenters. The number of rotatable bonds is 3. The first-order valence-corrected chi connectivity index (χ1v) is 7.79. The molecule has 2 N–H and O–H groups in total. The van der Waals surface area contributed by atoms with E-state index in [-0.39, 0.29) is 35.7 Å². The molecule has 0 radical (unpaired) electrons. The fraction of sp³-hybridized carbons (Fsp3) is 0.867. The first kappa shape index (κ1) is 18.2. The Bertz CT molecular complexity index is 391. The number of amides is 2. The third-order valence-electron chi connectivity index (χ3n) is 4.77. The van der Waals surface area contributed by atoms with Crippen LogP contribution < -0.4 is 5.73 Å². The highest BCUT2D eigenvalue weighted by Gasteiger charge is 2.40. The summed E-state index contributed by atoms with van der Waals surface area (Å²) in [6, 6.07) is -0.240. The Morgan fingerprint density at radius 1 is 1.29 bits per heavy atom. The van der Waals surface area contributed by atoms with Crippen molar-refractivity contribution in [1.29, 1.82) is 0 Å². The van der Waals surface area contributed by atoms with Crippen molar-refractivity contribution in [1.82, 2.24) is 9.80 Å². The number of piperidine rings is 1. The molecule has 0 aliphatic carbocycles. The molecule has 2 aliphatic heterocycles. The Labute approximate surface area is 133 Å². The van der Waals surface area contributed by atoms with Crippen molar-refractivity contribution in [2.24, 2.45) is 11.1 Å². The summed E-state index contributed by atoms with van der Waals surface area (Å²) in [5, 5.41) is 0. The lowest BCUT2D eigenvalue weighted by Gasteiger charge is -2.37. The van der Waals surface area contributed by atoms with Gasteiger partial charge in [0.1, 0.15) is 6.04 Å². The van der Waals surface area contributed by atoms with E-state index >= 15 is 0 Å². The van der Waals surface area contributed by atoms with Crippen LogP contribution in [0, 0.1) is 5.41 Å². The molecular formula is C15H28ClN3O2. The molecule has 5 nitrogen and oxygen atoms in total. The monoisotopic (exact) mass is 317 g/mol. The van der Waals surface area contributed by atoms with Crippen LogP contribution in [0.2, 0.25) is 0 Å². The van der Waals surface area contributed by atoms with E-state index in [1.807, 2.05) is 11.8 Å². The van der Waals surface area contributed by atoms with E-state index in [1.54, 1.807) is 4.90 Å². The average Bonchev–Trinajstić information content (AvgIpc) is 2.89.